The number of aryl methyl sites for hydroxylation is 2. The Balaban J connectivity index is 1.78. The molecule has 0 unspecified atom stereocenters. The molecule has 0 aliphatic carbocycles. The van der Waals surface area contributed by atoms with E-state index in [-0.39, 0.29) is 5.97 Å². The summed E-state index contributed by atoms with van der Waals surface area (Å²) < 4.78 is 12.1. The summed E-state index contributed by atoms with van der Waals surface area (Å²) in [5.74, 6) is 1.65. The van der Waals surface area contributed by atoms with Gasteiger partial charge in [0, 0.05) is 6.42 Å². The molecule has 2 aromatic carbocycles. The average Bonchev–Trinajstić information content (AvgIpc) is 2.51. The van der Waals surface area contributed by atoms with Gasteiger partial charge >= 0.3 is 5.97 Å². The van der Waals surface area contributed by atoms with Gasteiger partial charge < -0.3 is 9.47 Å². The molecule has 0 spiro atoms. The van der Waals surface area contributed by atoms with E-state index in [0.717, 1.165) is 21.3 Å². The summed E-state index contributed by atoms with van der Waals surface area (Å²) in [5, 5.41) is 0. The van der Waals surface area contributed by atoms with Crippen molar-refractivity contribution in [1.82, 2.24) is 0 Å². The third-order valence-corrected chi connectivity index (χ3v) is 4.45. The van der Waals surface area contributed by atoms with Gasteiger partial charge in [0.05, 0.1) is 11.1 Å². The summed E-state index contributed by atoms with van der Waals surface area (Å²) in [6.45, 7) is 8.76. The highest BCUT2D eigenvalue weighted by Gasteiger charge is 2.08. The normalized spacial score (nSPS) is 10.8. The number of ether oxygens (including phenoxy) is 2. The molecule has 0 saturated carbocycles. The Labute approximate surface area is 158 Å². The van der Waals surface area contributed by atoms with E-state index in [1.165, 1.54) is 5.56 Å². The summed E-state index contributed by atoms with van der Waals surface area (Å²) in [6.07, 6.45) is 0.941. The molecule has 0 bridgehead atoms. The van der Waals surface area contributed by atoms with Gasteiger partial charge in [0.1, 0.15) is 11.5 Å². The van der Waals surface area contributed by atoms with E-state index in [1.807, 2.05) is 38.1 Å². The van der Waals surface area contributed by atoms with Crippen LogP contribution < -0.4 is 9.47 Å². The van der Waals surface area contributed by atoms with E-state index in [1.54, 1.807) is 0 Å². The molecule has 0 amide bonds. The first-order valence-corrected chi connectivity index (χ1v) is 9.35. The Bertz CT molecular complexity index is 718. The molecular formula is C21H25BrO3. The van der Waals surface area contributed by atoms with Crippen molar-refractivity contribution in [2.75, 3.05) is 6.61 Å². The molecule has 2 rings (SSSR count). The fourth-order valence-electron chi connectivity index (χ4n) is 2.57. The molecule has 0 aliphatic rings. The zero-order chi connectivity index (χ0) is 18.4. The number of esters is 1. The molecule has 0 saturated heterocycles. The topological polar surface area (TPSA) is 35.5 Å². The van der Waals surface area contributed by atoms with Crippen molar-refractivity contribution in [2.45, 2.75) is 46.5 Å². The van der Waals surface area contributed by atoms with Gasteiger partial charge in [-0.25, -0.2) is 0 Å². The predicted molar refractivity (Wildman–Crippen MR) is 105 cm³/mol. The lowest BCUT2D eigenvalue weighted by Gasteiger charge is -2.11. The van der Waals surface area contributed by atoms with Crippen molar-refractivity contribution in [3.63, 3.8) is 0 Å². The van der Waals surface area contributed by atoms with Crippen LogP contribution in [0.25, 0.3) is 0 Å². The van der Waals surface area contributed by atoms with Crippen LogP contribution in [-0.2, 0) is 4.79 Å². The second-order valence-electron chi connectivity index (χ2n) is 6.59. The maximum absolute atomic E-state index is 11.9. The monoisotopic (exact) mass is 404 g/mol. The molecule has 134 valence electrons. The lowest BCUT2D eigenvalue weighted by atomic mass is 10.0. The molecule has 0 aliphatic heterocycles. The smallest absolute Gasteiger partial charge is 0.311 e. The van der Waals surface area contributed by atoms with Gasteiger partial charge in [-0.05, 0) is 83.1 Å². The van der Waals surface area contributed by atoms with Gasteiger partial charge in [-0.15, -0.1) is 0 Å². The molecule has 2 aromatic rings. The Morgan fingerprint density at radius 2 is 1.76 bits per heavy atom. The number of carbonyl (C=O) groups is 1. The van der Waals surface area contributed by atoms with E-state index in [4.69, 9.17) is 9.47 Å². The van der Waals surface area contributed by atoms with Crippen molar-refractivity contribution in [2.24, 2.45) is 0 Å². The summed E-state index contributed by atoms with van der Waals surface area (Å²) in [5.41, 5.74) is 3.43. The van der Waals surface area contributed by atoms with Crippen molar-refractivity contribution < 1.29 is 14.3 Å². The van der Waals surface area contributed by atoms with Crippen LogP contribution in [0.5, 0.6) is 11.5 Å². The zero-order valence-corrected chi connectivity index (χ0v) is 16.9. The van der Waals surface area contributed by atoms with Crippen LogP contribution in [0.1, 0.15) is 49.3 Å². The zero-order valence-electron chi connectivity index (χ0n) is 15.3. The van der Waals surface area contributed by atoms with Crippen LogP contribution in [0.15, 0.2) is 40.9 Å². The average molecular weight is 405 g/mol. The van der Waals surface area contributed by atoms with Gasteiger partial charge in [-0.3, -0.25) is 4.79 Å². The molecular weight excluding hydrogens is 380 g/mol. The lowest BCUT2D eigenvalue weighted by Crippen LogP contribution is -2.10. The van der Waals surface area contributed by atoms with Crippen LogP contribution in [0.2, 0.25) is 0 Å². The van der Waals surface area contributed by atoms with Crippen LogP contribution in [0.3, 0.4) is 0 Å². The standard InChI is InChI=1S/C21H25BrO3/c1-14(2)17-7-8-20(19(22)13-17)24-9-5-6-21(23)25-18-11-15(3)10-16(4)12-18/h7-8,10-14H,5-6,9H2,1-4H3. The highest BCUT2D eigenvalue weighted by molar-refractivity contribution is 9.10. The first-order valence-electron chi connectivity index (χ1n) is 8.56. The molecule has 0 fully saturated rings. The summed E-state index contributed by atoms with van der Waals surface area (Å²) in [4.78, 5) is 11.9. The van der Waals surface area contributed by atoms with Crippen LogP contribution in [0, 0.1) is 13.8 Å². The molecule has 4 heteroatoms. The molecule has 0 atom stereocenters. The number of benzene rings is 2. The molecule has 0 heterocycles. The minimum Gasteiger partial charge on any atom is -0.492 e. The van der Waals surface area contributed by atoms with Crippen molar-refractivity contribution in [1.29, 1.82) is 0 Å². The van der Waals surface area contributed by atoms with Gasteiger partial charge in [0.15, 0.2) is 0 Å². The third kappa shape index (κ3) is 6.20. The van der Waals surface area contributed by atoms with Gasteiger partial charge in [-0.1, -0.05) is 26.0 Å². The Hall–Kier alpha value is -1.81. The highest BCUT2D eigenvalue weighted by atomic mass is 79.9. The Kier molecular flexibility index (Phi) is 7.06. The number of rotatable bonds is 7. The number of hydrogen-bond donors (Lipinski definition) is 0. The number of carbonyl (C=O) groups excluding carboxylic acids is 1. The number of hydrogen-bond acceptors (Lipinski definition) is 3. The van der Waals surface area contributed by atoms with Gasteiger partial charge in [0.25, 0.3) is 0 Å². The van der Waals surface area contributed by atoms with E-state index in [2.05, 4.69) is 41.9 Å². The molecule has 0 radical (unpaired) electrons. The fourth-order valence-corrected chi connectivity index (χ4v) is 3.08. The van der Waals surface area contributed by atoms with Gasteiger partial charge in [-0.2, -0.15) is 0 Å². The minimum atomic E-state index is -0.233. The third-order valence-electron chi connectivity index (χ3n) is 3.83. The van der Waals surface area contributed by atoms with Crippen LogP contribution in [-0.4, -0.2) is 12.6 Å². The maximum Gasteiger partial charge on any atom is 0.311 e. The first-order chi connectivity index (χ1) is 11.8. The van der Waals surface area contributed by atoms with E-state index >= 15 is 0 Å². The van der Waals surface area contributed by atoms with E-state index < -0.39 is 0 Å². The molecule has 0 N–H and O–H groups in total. The van der Waals surface area contributed by atoms with E-state index in [0.29, 0.717) is 31.1 Å². The molecule has 25 heavy (non-hydrogen) atoms. The highest BCUT2D eigenvalue weighted by Crippen LogP contribution is 2.29. The largest absolute Gasteiger partial charge is 0.492 e. The number of halogens is 1. The first kappa shape index (κ1) is 19.5. The fraction of sp³-hybridized carbons (Fsp3) is 0.381. The Morgan fingerprint density at radius 1 is 1.08 bits per heavy atom. The van der Waals surface area contributed by atoms with Crippen LogP contribution >= 0.6 is 15.9 Å². The lowest BCUT2D eigenvalue weighted by molar-refractivity contribution is -0.134. The van der Waals surface area contributed by atoms with Crippen molar-refractivity contribution >= 4 is 21.9 Å². The predicted octanol–water partition coefficient (Wildman–Crippen LogP) is 5.95. The van der Waals surface area contributed by atoms with E-state index in [9.17, 15) is 4.79 Å². The molecule has 3 nitrogen and oxygen atoms in total. The summed E-state index contributed by atoms with van der Waals surface area (Å²) >= 11 is 3.54. The minimum absolute atomic E-state index is 0.233. The van der Waals surface area contributed by atoms with Crippen molar-refractivity contribution in [3.05, 3.63) is 57.6 Å². The SMILES string of the molecule is Cc1cc(C)cc(OC(=O)CCCOc2ccc(C(C)C)cc2Br)c1. The Morgan fingerprint density at radius 3 is 2.36 bits per heavy atom. The van der Waals surface area contributed by atoms with Crippen LogP contribution in [0.4, 0.5) is 0 Å². The maximum atomic E-state index is 11.9. The van der Waals surface area contributed by atoms with Gasteiger partial charge in [0.2, 0.25) is 0 Å². The second-order valence-corrected chi connectivity index (χ2v) is 7.45. The molecule has 0 aromatic heterocycles. The summed E-state index contributed by atoms with van der Waals surface area (Å²) in [7, 11) is 0. The van der Waals surface area contributed by atoms with Crippen molar-refractivity contribution in [3.8, 4) is 11.5 Å². The summed E-state index contributed by atoms with van der Waals surface area (Å²) in [6, 6.07) is 11.9. The quantitative estimate of drug-likeness (QED) is 0.324. The second kappa shape index (κ2) is 9.04.